The molecule has 0 saturated heterocycles. The molecule has 0 bridgehead atoms. The van der Waals surface area contributed by atoms with Crippen LogP contribution in [0.3, 0.4) is 0 Å². The Morgan fingerprint density at radius 2 is 2.15 bits per heavy atom. The molecule has 0 aliphatic heterocycles. The van der Waals surface area contributed by atoms with Gasteiger partial charge in [-0.3, -0.25) is 0 Å². The summed E-state index contributed by atoms with van der Waals surface area (Å²) in [6, 6.07) is 8.24. The standard InChI is InChI=1S/C13H15N5O2/c1-7-6-10(9-5-3-2-4-8(7)9)15-13(16-19)11-12(14)18-20-17-11/h2-5,7,10,19H,6H2,1H3,(H2,14,18)(H,15,16)/t7-,10-/m1/s1. The number of aromatic nitrogens is 2. The second-order valence-corrected chi connectivity index (χ2v) is 4.91. The van der Waals surface area contributed by atoms with Gasteiger partial charge in [0.25, 0.3) is 0 Å². The molecule has 0 unspecified atom stereocenters. The molecule has 2 atom stereocenters. The Morgan fingerprint density at radius 1 is 1.40 bits per heavy atom. The zero-order valence-electron chi connectivity index (χ0n) is 10.9. The number of nitrogens with two attached hydrogens (primary N) is 1. The maximum absolute atomic E-state index is 9.16. The van der Waals surface area contributed by atoms with E-state index in [1.54, 1.807) is 0 Å². The van der Waals surface area contributed by atoms with Crippen LogP contribution >= 0.6 is 0 Å². The minimum absolute atomic E-state index is 0.0446. The Bertz CT molecular complexity index is 652. The van der Waals surface area contributed by atoms with Gasteiger partial charge in [-0.05, 0) is 33.8 Å². The van der Waals surface area contributed by atoms with Gasteiger partial charge in [0.1, 0.15) is 0 Å². The number of benzene rings is 1. The predicted octanol–water partition coefficient (Wildman–Crippen LogP) is 1.63. The van der Waals surface area contributed by atoms with E-state index in [0.29, 0.717) is 5.92 Å². The van der Waals surface area contributed by atoms with Crippen molar-refractivity contribution in [3.05, 3.63) is 41.1 Å². The molecular formula is C13H15N5O2. The highest BCUT2D eigenvalue weighted by atomic mass is 16.6. The van der Waals surface area contributed by atoms with Crippen LogP contribution in [0.1, 0.15) is 42.1 Å². The molecule has 4 N–H and O–H groups in total. The van der Waals surface area contributed by atoms with Crippen molar-refractivity contribution in [2.75, 3.05) is 5.73 Å². The smallest absolute Gasteiger partial charge is 0.199 e. The maximum atomic E-state index is 9.16. The molecule has 0 fully saturated rings. The van der Waals surface area contributed by atoms with Crippen molar-refractivity contribution in [3.8, 4) is 0 Å². The lowest BCUT2D eigenvalue weighted by Gasteiger charge is -2.15. The van der Waals surface area contributed by atoms with Crippen molar-refractivity contribution in [1.82, 2.24) is 15.6 Å². The van der Waals surface area contributed by atoms with Gasteiger partial charge in [0.2, 0.25) is 0 Å². The van der Waals surface area contributed by atoms with Gasteiger partial charge in [0.05, 0.1) is 6.04 Å². The Hall–Kier alpha value is -2.57. The maximum Gasteiger partial charge on any atom is 0.199 e. The minimum atomic E-state index is 0.0446. The summed E-state index contributed by atoms with van der Waals surface area (Å²) >= 11 is 0. The molecule has 1 aliphatic rings. The summed E-state index contributed by atoms with van der Waals surface area (Å²) < 4.78 is 4.53. The summed E-state index contributed by atoms with van der Waals surface area (Å²) in [5, 5.41) is 22.6. The molecule has 0 spiro atoms. The van der Waals surface area contributed by atoms with Crippen molar-refractivity contribution in [1.29, 1.82) is 0 Å². The predicted molar refractivity (Wildman–Crippen MR) is 72.4 cm³/mol. The van der Waals surface area contributed by atoms with Gasteiger partial charge in [-0.15, -0.1) is 0 Å². The molecule has 3 rings (SSSR count). The lowest BCUT2D eigenvalue weighted by Crippen LogP contribution is -2.29. The number of nitrogens with one attached hydrogen (secondary N) is 1. The number of hydrogen-bond donors (Lipinski definition) is 3. The first-order valence-electron chi connectivity index (χ1n) is 6.36. The number of rotatable bonds is 2. The first-order chi connectivity index (χ1) is 9.70. The van der Waals surface area contributed by atoms with Gasteiger partial charge in [-0.1, -0.05) is 36.3 Å². The largest absolute Gasteiger partial charge is 0.409 e. The Morgan fingerprint density at radius 3 is 2.80 bits per heavy atom. The van der Waals surface area contributed by atoms with Crippen molar-refractivity contribution < 1.29 is 9.84 Å². The van der Waals surface area contributed by atoms with Crippen LogP contribution in [0.4, 0.5) is 5.82 Å². The normalized spacial score (nSPS) is 21.8. The third kappa shape index (κ3) is 1.97. The molecule has 20 heavy (non-hydrogen) atoms. The van der Waals surface area contributed by atoms with E-state index in [4.69, 9.17) is 10.9 Å². The van der Waals surface area contributed by atoms with E-state index in [2.05, 4.69) is 44.5 Å². The number of anilines is 1. The van der Waals surface area contributed by atoms with E-state index < -0.39 is 0 Å². The summed E-state index contributed by atoms with van der Waals surface area (Å²) in [6.07, 6.45) is 0.906. The summed E-state index contributed by atoms with van der Waals surface area (Å²) in [7, 11) is 0. The van der Waals surface area contributed by atoms with E-state index in [1.165, 1.54) is 11.1 Å². The lowest BCUT2D eigenvalue weighted by atomic mass is 10.0. The van der Waals surface area contributed by atoms with E-state index in [-0.39, 0.29) is 23.4 Å². The summed E-state index contributed by atoms with van der Waals surface area (Å²) in [5.74, 6) is 0.693. The van der Waals surface area contributed by atoms with Crippen LogP contribution in [0.5, 0.6) is 0 Å². The van der Waals surface area contributed by atoms with Crippen molar-refractivity contribution in [3.63, 3.8) is 0 Å². The molecule has 1 aromatic heterocycles. The van der Waals surface area contributed by atoms with Gasteiger partial charge in [0, 0.05) is 0 Å². The van der Waals surface area contributed by atoms with Gasteiger partial charge in [0.15, 0.2) is 17.3 Å². The van der Waals surface area contributed by atoms with Crippen LogP contribution in [0.25, 0.3) is 0 Å². The van der Waals surface area contributed by atoms with E-state index >= 15 is 0 Å². The molecular weight excluding hydrogens is 258 g/mol. The first-order valence-corrected chi connectivity index (χ1v) is 6.36. The third-order valence-electron chi connectivity index (χ3n) is 3.64. The van der Waals surface area contributed by atoms with E-state index in [0.717, 1.165) is 6.42 Å². The molecule has 1 aliphatic carbocycles. The second kappa shape index (κ2) is 4.84. The summed E-state index contributed by atoms with van der Waals surface area (Å²) in [5.41, 5.74) is 8.32. The molecule has 2 aromatic rings. The number of nitrogen functional groups attached to an aromatic ring is 1. The minimum Gasteiger partial charge on any atom is -0.409 e. The molecule has 7 heteroatoms. The van der Waals surface area contributed by atoms with Crippen LogP contribution in [0, 0.1) is 0 Å². The van der Waals surface area contributed by atoms with E-state index in [9.17, 15) is 0 Å². The lowest BCUT2D eigenvalue weighted by molar-refractivity contribution is 0.303. The van der Waals surface area contributed by atoms with Crippen molar-refractivity contribution in [2.24, 2.45) is 5.16 Å². The number of oxime groups is 1. The molecule has 1 heterocycles. The number of fused-ring (bicyclic) bond motifs is 1. The molecule has 7 nitrogen and oxygen atoms in total. The fraction of sp³-hybridized carbons (Fsp3) is 0.308. The number of nitrogens with zero attached hydrogens (tertiary/aromatic N) is 3. The van der Waals surface area contributed by atoms with E-state index in [1.807, 2.05) is 12.1 Å². The van der Waals surface area contributed by atoms with Gasteiger partial charge in [-0.2, -0.15) is 0 Å². The average molecular weight is 273 g/mol. The monoisotopic (exact) mass is 273 g/mol. The Kier molecular flexibility index (Phi) is 3.02. The zero-order valence-corrected chi connectivity index (χ0v) is 10.9. The number of hydrogen-bond acceptors (Lipinski definition) is 6. The fourth-order valence-corrected chi connectivity index (χ4v) is 2.69. The highest BCUT2D eigenvalue weighted by Crippen LogP contribution is 2.39. The molecule has 0 saturated carbocycles. The van der Waals surface area contributed by atoms with Crippen LogP contribution in [0.2, 0.25) is 0 Å². The molecule has 104 valence electrons. The van der Waals surface area contributed by atoms with Crippen LogP contribution in [-0.4, -0.2) is 21.4 Å². The van der Waals surface area contributed by atoms with Gasteiger partial charge in [-0.25, -0.2) is 4.63 Å². The zero-order chi connectivity index (χ0) is 14.1. The number of amidine groups is 1. The van der Waals surface area contributed by atoms with Gasteiger partial charge < -0.3 is 16.3 Å². The highest BCUT2D eigenvalue weighted by Gasteiger charge is 2.29. The third-order valence-corrected chi connectivity index (χ3v) is 3.64. The van der Waals surface area contributed by atoms with Crippen LogP contribution in [-0.2, 0) is 0 Å². The average Bonchev–Trinajstić information content (AvgIpc) is 3.01. The second-order valence-electron chi connectivity index (χ2n) is 4.91. The highest BCUT2D eigenvalue weighted by molar-refractivity contribution is 6.00. The molecule has 0 amide bonds. The van der Waals surface area contributed by atoms with Crippen molar-refractivity contribution >= 4 is 11.7 Å². The molecule has 0 radical (unpaired) electrons. The first kappa shape index (κ1) is 12.5. The topological polar surface area (TPSA) is 110 Å². The summed E-state index contributed by atoms with van der Waals surface area (Å²) in [6.45, 7) is 2.17. The van der Waals surface area contributed by atoms with Crippen LogP contribution < -0.4 is 11.1 Å². The fourth-order valence-electron chi connectivity index (χ4n) is 2.69. The Labute approximate surface area is 115 Å². The van der Waals surface area contributed by atoms with Crippen molar-refractivity contribution in [2.45, 2.75) is 25.3 Å². The molecule has 1 aromatic carbocycles. The van der Waals surface area contributed by atoms with Crippen LogP contribution in [0.15, 0.2) is 34.1 Å². The SMILES string of the molecule is C[C@@H]1C[C@@H](NC(=NO)c2nonc2N)c2ccccc21. The quantitative estimate of drug-likeness (QED) is 0.332. The summed E-state index contributed by atoms with van der Waals surface area (Å²) in [4.78, 5) is 0. The van der Waals surface area contributed by atoms with Gasteiger partial charge >= 0.3 is 0 Å². The Balaban J connectivity index is 1.87.